The van der Waals surface area contributed by atoms with Crippen LogP contribution in [0.15, 0.2) is 54.7 Å². The summed E-state index contributed by atoms with van der Waals surface area (Å²) in [5.41, 5.74) is 7.12. The lowest BCUT2D eigenvalue weighted by Crippen LogP contribution is -2.45. The van der Waals surface area contributed by atoms with Crippen LogP contribution in [0.5, 0.6) is 0 Å². The van der Waals surface area contributed by atoms with Crippen LogP contribution in [-0.4, -0.2) is 35.0 Å². The number of hydrogen-bond donors (Lipinski definition) is 1. The summed E-state index contributed by atoms with van der Waals surface area (Å²) < 4.78 is 0. The Labute approximate surface area is 177 Å². The molecule has 30 heavy (non-hydrogen) atoms. The van der Waals surface area contributed by atoms with Gasteiger partial charge in [0.1, 0.15) is 0 Å². The maximum atomic E-state index is 9.16. The van der Waals surface area contributed by atoms with Crippen molar-refractivity contribution in [1.29, 1.82) is 5.26 Å². The van der Waals surface area contributed by atoms with Gasteiger partial charge in [-0.1, -0.05) is 36.4 Å². The molecule has 1 saturated heterocycles. The van der Waals surface area contributed by atoms with E-state index in [2.05, 4.69) is 51.6 Å². The first-order valence-electron chi connectivity index (χ1n) is 10.6. The molecule has 1 fully saturated rings. The van der Waals surface area contributed by atoms with E-state index in [1.807, 2.05) is 31.4 Å². The molecule has 1 aromatic heterocycles. The molecule has 5 nitrogen and oxygen atoms in total. The van der Waals surface area contributed by atoms with Gasteiger partial charge in [-0.2, -0.15) is 5.26 Å². The molecule has 5 rings (SSSR count). The Morgan fingerprint density at radius 2 is 1.97 bits per heavy atom. The Kier molecular flexibility index (Phi) is 4.72. The Morgan fingerprint density at radius 3 is 2.77 bits per heavy atom. The fourth-order valence-electron chi connectivity index (χ4n) is 5.08. The lowest BCUT2D eigenvalue weighted by molar-refractivity contribution is 0.150. The fraction of sp³-hybridized carbons (Fsp3) is 0.320. The number of nitrogens with one attached hydrogen (secondary N) is 1. The van der Waals surface area contributed by atoms with Gasteiger partial charge in [0.15, 0.2) is 0 Å². The summed E-state index contributed by atoms with van der Waals surface area (Å²) in [5.74, 6) is 0.675. The molecule has 2 aromatic carbocycles. The number of nitrogens with zero attached hydrogens (tertiary/aromatic N) is 4. The SMILES string of the molecule is CNc1ncc2c(n1)-c1ccccc1C1(CCN(Cc3cccc(C#N)c3)CC1)C2. The molecule has 2 heterocycles. The zero-order valence-corrected chi connectivity index (χ0v) is 17.2. The van der Waals surface area contributed by atoms with Crippen molar-refractivity contribution >= 4 is 5.95 Å². The van der Waals surface area contributed by atoms with Crippen LogP contribution >= 0.6 is 0 Å². The molecule has 150 valence electrons. The molecule has 0 unspecified atom stereocenters. The summed E-state index contributed by atoms with van der Waals surface area (Å²) >= 11 is 0. The maximum Gasteiger partial charge on any atom is 0.222 e. The Bertz CT molecular complexity index is 1120. The number of nitriles is 1. The van der Waals surface area contributed by atoms with Crippen LogP contribution < -0.4 is 5.32 Å². The first-order valence-corrected chi connectivity index (χ1v) is 10.6. The second-order valence-electron chi connectivity index (χ2n) is 8.41. The van der Waals surface area contributed by atoms with Crippen molar-refractivity contribution in [3.05, 3.63) is 77.0 Å². The smallest absolute Gasteiger partial charge is 0.222 e. The Hall–Kier alpha value is -3.23. The largest absolute Gasteiger partial charge is 0.357 e. The van der Waals surface area contributed by atoms with Gasteiger partial charge < -0.3 is 5.32 Å². The number of benzene rings is 2. The van der Waals surface area contributed by atoms with E-state index < -0.39 is 0 Å². The van der Waals surface area contributed by atoms with Gasteiger partial charge in [-0.3, -0.25) is 4.90 Å². The van der Waals surface area contributed by atoms with Crippen LogP contribution in [0.1, 0.15) is 35.1 Å². The number of hydrogen-bond acceptors (Lipinski definition) is 5. The van der Waals surface area contributed by atoms with Crippen molar-refractivity contribution in [2.24, 2.45) is 0 Å². The minimum Gasteiger partial charge on any atom is -0.357 e. The molecular weight excluding hydrogens is 370 g/mol. The van der Waals surface area contributed by atoms with E-state index in [9.17, 15) is 0 Å². The number of anilines is 1. The summed E-state index contributed by atoms with van der Waals surface area (Å²) in [4.78, 5) is 11.8. The molecule has 3 aromatic rings. The highest BCUT2D eigenvalue weighted by molar-refractivity contribution is 5.72. The third-order valence-electron chi connectivity index (χ3n) is 6.65. The molecule has 2 aliphatic rings. The highest BCUT2D eigenvalue weighted by Gasteiger charge is 2.41. The molecule has 1 N–H and O–H groups in total. The third kappa shape index (κ3) is 3.24. The van der Waals surface area contributed by atoms with Crippen molar-refractivity contribution < 1.29 is 0 Å². The van der Waals surface area contributed by atoms with Gasteiger partial charge in [0.25, 0.3) is 0 Å². The number of fused-ring (bicyclic) bond motifs is 4. The van der Waals surface area contributed by atoms with E-state index in [1.165, 1.54) is 22.3 Å². The first-order chi connectivity index (χ1) is 14.7. The second kappa shape index (κ2) is 7.55. The predicted molar refractivity (Wildman–Crippen MR) is 118 cm³/mol. The predicted octanol–water partition coefficient (Wildman–Crippen LogP) is 4.15. The fourth-order valence-corrected chi connectivity index (χ4v) is 5.08. The minimum atomic E-state index is 0.152. The third-order valence-corrected chi connectivity index (χ3v) is 6.65. The van der Waals surface area contributed by atoms with Gasteiger partial charge in [-0.05, 0) is 61.2 Å². The van der Waals surface area contributed by atoms with Crippen LogP contribution in [0.2, 0.25) is 0 Å². The Balaban J connectivity index is 1.40. The molecule has 5 heteroatoms. The summed E-state index contributed by atoms with van der Waals surface area (Å²) in [6.45, 7) is 3.00. The lowest BCUT2D eigenvalue weighted by atomic mass is 9.64. The van der Waals surface area contributed by atoms with E-state index in [0.717, 1.165) is 50.2 Å². The van der Waals surface area contributed by atoms with Gasteiger partial charge in [0, 0.05) is 30.8 Å². The van der Waals surface area contributed by atoms with E-state index in [0.29, 0.717) is 5.95 Å². The molecule has 1 spiro atoms. The highest BCUT2D eigenvalue weighted by Crippen LogP contribution is 2.48. The van der Waals surface area contributed by atoms with Crippen molar-refractivity contribution in [1.82, 2.24) is 14.9 Å². The van der Waals surface area contributed by atoms with Crippen molar-refractivity contribution in [3.63, 3.8) is 0 Å². The monoisotopic (exact) mass is 395 g/mol. The van der Waals surface area contributed by atoms with Crippen molar-refractivity contribution in [2.75, 3.05) is 25.5 Å². The number of likely N-dealkylation sites (tertiary alicyclic amines) is 1. The molecule has 1 aliphatic carbocycles. The van der Waals surface area contributed by atoms with E-state index in [1.54, 1.807) is 0 Å². The van der Waals surface area contributed by atoms with Crippen molar-refractivity contribution in [3.8, 4) is 17.3 Å². The average Bonchev–Trinajstić information content (AvgIpc) is 2.81. The normalized spacial score (nSPS) is 17.1. The van der Waals surface area contributed by atoms with Gasteiger partial charge in [-0.15, -0.1) is 0 Å². The average molecular weight is 396 g/mol. The van der Waals surface area contributed by atoms with Gasteiger partial charge in [-0.25, -0.2) is 9.97 Å². The summed E-state index contributed by atoms with van der Waals surface area (Å²) in [6, 6.07) is 19.0. The van der Waals surface area contributed by atoms with Crippen LogP contribution in [0, 0.1) is 11.3 Å². The van der Waals surface area contributed by atoms with Gasteiger partial charge in [0.05, 0.1) is 17.3 Å². The number of aromatic nitrogens is 2. The molecule has 0 radical (unpaired) electrons. The first kappa shape index (κ1) is 18.8. The lowest BCUT2D eigenvalue weighted by Gasteiger charge is -2.45. The standard InChI is InChI=1S/C25H25N5/c1-27-24-28-16-20-14-25(22-8-3-2-7-21(22)23(20)29-24)9-11-30(12-10-25)17-19-6-4-5-18(13-19)15-26/h2-8,13,16H,9-12,14,17H2,1H3,(H,27,28,29). The molecule has 1 aliphatic heterocycles. The zero-order valence-electron chi connectivity index (χ0n) is 17.2. The van der Waals surface area contributed by atoms with Crippen LogP contribution in [0.3, 0.4) is 0 Å². The van der Waals surface area contributed by atoms with E-state index in [4.69, 9.17) is 10.2 Å². The van der Waals surface area contributed by atoms with Crippen LogP contribution in [-0.2, 0) is 18.4 Å². The number of piperidine rings is 1. The maximum absolute atomic E-state index is 9.16. The second-order valence-corrected chi connectivity index (χ2v) is 8.41. The minimum absolute atomic E-state index is 0.152. The number of rotatable bonds is 3. The quantitative estimate of drug-likeness (QED) is 0.722. The molecule has 0 saturated carbocycles. The van der Waals surface area contributed by atoms with E-state index in [-0.39, 0.29) is 5.41 Å². The summed E-state index contributed by atoms with van der Waals surface area (Å²) in [7, 11) is 1.86. The highest BCUT2D eigenvalue weighted by atomic mass is 15.1. The molecule has 0 atom stereocenters. The van der Waals surface area contributed by atoms with Gasteiger partial charge in [0.2, 0.25) is 5.95 Å². The Morgan fingerprint density at radius 1 is 1.13 bits per heavy atom. The van der Waals surface area contributed by atoms with Crippen LogP contribution in [0.4, 0.5) is 5.95 Å². The van der Waals surface area contributed by atoms with Crippen LogP contribution in [0.25, 0.3) is 11.3 Å². The van der Waals surface area contributed by atoms with E-state index >= 15 is 0 Å². The zero-order chi connectivity index (χ0) is 20.6. The molecule has 0 amide bonds. The van der Waals surface area contributed by atoms with Gasteiger partial charge >= 0.3 is 0 Å². The summed E-state index contributed by atoms with van der Waals surface area (Å²) in [6.07, 6.45) is 5.25. The summed E-state index contributed by atoms with van der Waals surface area (Å²) in [5, 5.41) is 12.2. The topological polar surface area (TPSA) is 64.8 Å². The molecular formula is C25H25N5. The van der Waals surface area contributed by atoms with Crippen molar-refractivity contribution in [2.45, 2.75) is 31.2 Å². The molecule has 0 bridgehead atoms.